The molecule has 0 saturated heterocycles. The van der Waals surface area contributed by atoms with E-state index in [2.05, 4.69) is 51.5 Å². The molecule has 4 fully saturated rings. The zero-order chi connectivity index (χ0) is 12.5. The minimum absolute atomic E-state index is 0.482. The van der Waals surface area contributed by atoms with Crippen LogP contribution in [0.5, 0.6) is 0 Å². The van der Waals surface area contributed by atoms with E-state index in [-0.39, 0.29) is 0 Å². The van der Waals surface area contributed by atoms with Crippen LogP contribution in [0.1, 0.15) is 38.5 Å². The molecule has 0 nitrogen and oxygen atoms in total. The second-order valence-corrected chi connectivity index (χ2v) is 17.4. The molecule has 17 heavy (non-hydrogen) atoms. The van der Waals surface area contributed by atoms with Crippen molar-refractivity contribution in [2.75, 3.05) is 0 Å². The molecule has 2 unspecified atom stereocenters. The van der Waals surface area contributed by atoms with Gasteiger partial charge in [-0.05, 0) is 49.9 Å². The second kappa shape index (κ2) is 3.63. The first kappa shape index (κ1) is 13.2. The molecule has 0 radical (unpaired) electrons. The third-order valence-electron chi connectivity index (χ3n) is 4.95. The zero-order valence-corrected chi connectivity index (χ0v) is 15.5. The average molecular weight is 380 g/mol. The maximum absolute atomic E-state index is 4.12. The summed E-state index contributed by atoms with van der Waals surface area (Å²) in [5, 5.41) is 0. The molecule has 3 heteroatoms. The summed E-state index contributed by atoms with van der Waals surface area (Å²) in [6.45, 7) is 7.65. The van der Waals surface area contributed by atoms with E-state index in [4.69, 9.17) is 0 Å². The van der Waals surface area contributed by atoms with Crippen molar-refractivity contribution in [2.45, 2.75) is 72.9 Å². The van der Waals surface area contributed by atoms with Gasteiger partial charge in [-0.25, -0.2) is 0 Å². The lowest BCUT2D eigenvalue weighted by atomic mass is 9.50. The van der Waals surface area contributed by atoms with E-state index < -0.39 is 8.07 Å². The zero-order valence-electron chi connectivity index (χ0n) is 11.3. The Morgan fingerprint density at radius 3 is 1.88 bits per heavy atom. The van der Waals surface area contributed by atoms with Crippen molar-refractivity contribution in [3.8, 4) is 0 Å². The monoisotopic (exact) mass is 378 g/mol. The first-order valence-electron chi connectivity index (χ1n) is 6.99. The molecule has 0 aliphatic heterocycles. The number of hydrogen-bond donors (Lipinski definition) is 0. The molecule has 4 rings (SSSR count). The van der Waals surface area contributed by atoms with Crippen molar-refractivity contribution in [1.29, 1.82) is 0 Å². The van der Waals surface area contributed by atoms with Crippen molar-refractivity contribution >= 4 is 39.9 Å². The van der Waals surface area contributed by atoms with Crippen LogP contribution < -0.4 is 0 Å². The second-order valence-electron chi connectivity index (χ2n) is 8.55. The molecule has 0 aromatic carbocycles. The van der Waals surface area contributed by atoms with E-state index in [9.17, 15) is 0 Å². The lowest BCUT2D eigenvalue weighted by molar-refractivity contribution is -0.00452. The van der Waals surface area contributed by atoms with Crippen molar-refractivity contribution in [2.24, 2.45) is 11.3 Å². The van der Waals surface area contributed by atoms with E-state index in [1.54, 1.807) is 0 Å². The molecule has 98 valence electrons. The summed E-state index contributed by atoms with van der Waals surface area (Å²) < 4.78 is 0.963. The predicted octanol–water partition coefficient (Wildman–Crippen LogP) is 5.58. The molecular weight excluding hydrogens is 356 g/mol. The quantitative estimate of drug-likeness (QED) is 0.434. The van der Waals surface area contributed by atoms with E-state index in [1.807, 2.05) is 0 Å². The van der Waals surface area contributed by atoms with Crippen LogP contribution in [0, 0.1) is 11.3 Å². The first-order valence-corrected chi connectivity index (χ1v) is 12.3. The van der Waals surface area contributed by atoms with Crippen molar-refractivity contribution in [3.05, 3.63) is 0 Å². The molecule has 0 N–H and O–H groups in total. The van der Waals surface area contributed by atoms with Crippen LogP contribution in [0.2, 0.25) is 25.7 Å². The Morgan fingerprint density at radius 2 is 1.47 bits per heavy atom. The largest absolute Gasteiger partial charge is 0.0852 e. The molecule has 4 aliphatic carbocycles. The van der Waals surface area contributed by atoms with Gasteiger partial charge in [0, 0.05) is 16.7 Å². The highest BCUT2D eigenvalue weighted by Crippen LogP contribution is 2.69. The Labute approximate surface area is 124 Å². The van der Waals surface area contributed by atoms with Crippen LogP contribution in [-0.4, -0.2) is 16.7 Å². The van der Waals surface area contributed by atoms with Crippen molar-refractivity contribution in [1.82, 2.24) is 0 Å². The van der Waals surface area contributed by atoms with Crippen LogP contribution in [0.3, 0.4) is 0 Å². The topological polar surface area (TPSA) is 0 Å². The summed E-state index contributed by atoms with van der Waals surface area (Å²) in [6.07, 6.45) is 8.67. The molecule has 4 saturated carbocycles. The Balaban J connectivity index is 1.92. The lowest BCUT2D eigenvalue weighted by Crippen LogP contribution is -2.59. The third-order valence-corrected chi connectivity index (χ3v) is 8.53. The van der Waals surface area contributed by atoms with Crippen LogP contribution >= 0.6 is 31.9 Å². The number of rotatable bonds is 2. The fourth-order valence-electron chi connectivity index (χ4n) is 5.72. The molecule has 4 atom stereocenters. The Bertz CT molecular complexity index is 323. The van der Waals surface area contributed by atoms with Crippen LogP contribution in [-0.2, 0) is 0 Å². The van der Waals surface area contributed by atoms with Gasteiger partial charge in [0.1, 0.15) is 0 Å². The van der Waals surface area contributed by atoms with Gasteiger partial charge >= 0.3 is 0 Å². The maximum Gasteiger partial charge on any atom is 0.0448 e. The van der Waals surface area contributed by atoms with Gasteiger partial charge in [0.05, 0.1) is 0 Å². The summed E-state index contributed by atoms with van der Waals surface area (Å²) in [4.78, 5) is 0. The first-order chi connectivity index (χ1) is 7.61. The van der Waals surface area contributed by atoms with Crippen LogP contribution in [0.25, 0.3) is 0 Å². The molecule has 4 bridgehead atoms. The van der Waals surface area contributed by atoms with E-state index in [0.717, 1.165) is 5.92 Å². The lowest BCUT2D eigenvalue weighted by Gasteiger charge is -2.64. The fourth-order valence-corrected chi connectivity index (χ4v) is 11.9. The molecule has 0 spiro atoms. The summed E-state index contributed by atoms with van der Waals surface area (Å²) in [6, 6.07) is 1.54. The van der Waals surface area contributed by atoms with E-state index >= 15 is 0 Å². The van der Waals surface area contributed by atoms with Crippen LogP contribution in [0.15, 0.2) is 0 Å². The van der Waals surface area contributed by atoms with Gasteiger partial charge in [-0.2, -0.15) is 0 Å². The standard InChI is InChI=1S/C14H24Br2Si/c1-17(2,3)10-12-4-11-5-13(15,7-12)9-14(16,6-11)8-12/h11H,4-10H2,1-3H3/t11?,12?,13-,14+. The summed E-state index contributed by atoms with van der Waals surface area (Å²) in [7, 11) is -0.950. The van der Waals surface area contributed by atoms with Gasteiger partial charge in [-0.1, -0.05) is 57.5 Å². The van der Waals surface area contributed by atoms with Gasteiger partial charge in [-0.3, -0.25) is 0 Å². The fraction of sp³-hybridized carbons (Fsp3) is 1.00. The minimum atomic E-state index is -0.950. The Morgan fingerprint density at radius 1 is 0.941 bits per heavy atom. The molecule has 0 amide bonds. The third kappa shape index (κ3) is 2.45. The normalized spacial score (nSPS) is 53.1. The van der Waals surface area contributed by atoms with Gasteiger partial charge < -0.3 is 0 Å². The van der Waals surface area contributed by atoms with Gasteiger partial charge in [0.15, 0.2) is 0 Å². The van der Waals surface area contributed by atoms with Crippen molar-refractivity contribution in [3.63, 3.8) is 0 Å². The number of halogens is 2. The SMILES string of the molecule is C[Si](C)(C)CC12CC3C[C@@](Br)(C1)C[C@](Br)(C3)C2. The predicted molar refractivity (Wildman–Crippen MR) is 85.1 cm³/mol. The molecule has 0 heterocycles. The van der Waals surface area contributed by atoms with Gasteiger partial charge in [0.25, 0.3) is 0 Å². The van der Waals surface area contributed by atoms with Crippen molar-refractivity contribution < 1.29 is 0 Å². The molecule has 0 aromatic heterocycles. The van der Waals surface area contributed by atoms with E-state index in [0.29, 0.717) is 14.1 Å². The maximum atomic E-state index is 4.12. The molecule has 0 aromatic rings. The highest BCUT2D eigenvalue weighted by Gasteiger charge is 2.62. The van der Waals surface area contributed by atoms with Crippen LogP contribution in [0.4, 0.5) is 0 Å². The summed E-state index contributed by atoms with van der Waals surface area (Å²) in [5.41, 5.74) is 0.677. The van der Waals surface area contributed by atoms with Gasteiger partial charge in [-0.15, -0.1) is 0 Å². The smallest absolute Gasteiger partial charge is 0.0448 e. The Hall–Kier alpha value is 1.18. The highest BCUT2D eigenvalue weighted by molar-refractivity contribution is 9.10. The Kier molecular flexibility index (Phi) is 2.81. The minimum Gasteiger partial charge on any atom is -0.0852 e. The average Bonchev–Trinajstić information content (AvgIpc) is 1.88. The molecule has 4 aliphatic rings. The number of alkyl halides is 2. The number of hydrogen-bond acceptors (Lipinski definition) is 0. The molecular formula is C14H24Br2Si. The van der Waals surface area contributed by atoms with E-state index in [1.165, 1.54) is 44.6 Å². The summed E-state index contributed by atoms with van der Waals surface area (Å²) >= 11 is 8.24. The van der Waals surface area contributed by atoms with Gasteiger partial charge in [0.2, 0.25) is 0 Å². The summed E-state index contributed by atoms with van der Waals surface area (Å²) in [5.74, 6) is 0.987. The highest BCUT2D eigenvalue weighted by atomic mass is 79.9.